The van der Waals surface area contributed by atoms with E-state index in [0.29, 0.717) is 12.1 Å². The van der Waals surface area contributed by atoms with Crippen molar-refractivity contribution in [3.05, 3.63) is 71.3 Å². The molecule has 0 spiro atoms. The van der Waals surface area contributed by atoms with Gasteiger partial charge < -0.3 is 10.1 Å². The summed E-state index contributed by atoms with van der Waals surface area (Å²) in [5, 5.41) is 3.10. The standard InChI is InChI=1S/C20H24N2O2/c1-16-6-5-9-18(14-16)20(23)21-15-19(17-7-3-2-4-8-17)22-10-12-24-13-11-22/h2-9,14,19H,10-13,15H2,1H3,(H,21,23)/t19-/m1/s1. The minimum absolute atomic E-state index is 0.0205. The first-order valence-electron chi connectivity index (χ1n) is 8.45. The van der Waals surface area contributed by atoms with Gasteiger partial charge >= 0.3 is 0 Å². The van der Waals surface area contributed by atoms with Crippen LogP contribution in [0.4, 0.5) is 0 Å². The monoisotopic (exact) mass is 324 g/mol. The number of carbonyl (C=O) groups excluding carboxylic acids is 1. The van der Waals surface area contributed by atoms with Crippen molar-refractivity contribution in [2.24, 2.45) is 0 Å². The van der Waals surface area contributed by atoms with Crippen LogP contribution in [0.1, 0.15) is 27.5 Å². The number of nitrogens with one attached hydrogen (secondary N) is 1. The van der Waals surface area contributed by atoms with E-state index in [1.54, 1.807) is 0 Å². The zero-order valence-corrected chi connectivity index (χ0v) is 14.1. The van der Waals surface area contributed by atoms with Gasteiger partial charge in [-0.3, -0.25) is 9.69 Å². The maximum Gasteiger partial charge on any atom is 0.251 e. The molecular formula is C20H24N2O2. The molecule has 4 nitrogen and oxygen atoms in total. The molecule has 4 heteroatoms. The summed E-state index contributed by atoms with van der Waals surface area (Å²) in [5.74, 6) is -0.0205. The van der Waals surface area contributed by atoms with Crippen LogP contribution in [0, 0.1) is 6.92 Å². The molecule has 0 aromatic heterocycles. The van der Waals surface area contributed by atoms with Crippen molar-refractivity contribution < 1.29 is 9.53 Å². The molecular weight excluding hydrogens is 300 g/mol. The van der Waals surface area contributed by atoms with Crippen molar-refractivity contribution in [1.29, 1.82) is 0 Å². The third-order valence-corrected chi connectivity index (χ3v) is 4.41. The fraction of sp³-hybridized carbons (Fsp3) is 0.350. The minimum atomic E-state index is -0.0205. The molecule has 2 aromatic rings. The zero-order valence-electron chi connectivity index (χ0n) is 14.1. The van der Waals surface area contributed by atoms with Crippen LogP contribution in [0.5, 0.6) is 0 Å². The maximum atomic E-state index is 12.5. The van der Waals surface area contributed by atoms with Crippen molar-refractivity contribution in [2.75, 3.05) is 32.8 Å². The topological polar surface area (TPSA) is 41.6 Å². The van der Waals surface area contributed by atoms with Crippen molar-refractivity contribution in [3.8, 4) is 0 Å². The number of ether oxygens (including phenoxy) is 1. The second kappa shape index (κ2) is 8.08. The molecule has 1 atom stereocenters. The Hall–Kier alpha value is -2.17. The van der Waals surface area contributed by atoms with Gasteiger partial charge in [-0.05, 0) is 24.6 Å². The summed E-state index contributed by atoms with van der Waals surface area (Å²) < 4.78 is 5.46. The summed E-state index contributed by atoms with van der Waals surface area (Å²) >= 11 is 0. The van der Waals surface area contributed by atoms with Gasteiger partial charge in [0, 0.05) is 25.2 Å². The van der Waals surface area contributed by atoms with E-state index in [-0.39, 0.29) is 11.9 Å². The molecule has 0 saturated carbocycles. The molecule has 1 heterocycles. The predicted molar refractivity (Wildman–Crippen MR) is 95.1 cm³/mol. The number of benzene rings is 2. The first-order valence-corrected chi connectivity index (χ1v) is 8.45. The van der Waals surface area contributed by atoms with E-state index in [0.717, 1.165) is 31.9 Å². The molecule has 1 N–H and O–H groups in total. The molecule has 0 radical (unpaired) electrons. The molecule has 1 aliphatic heterocycles. The lowest BCUT2D eigenvalue weighted by Gasteiger charge is -2.35. The van der Waals surface area contributed by atoms with Crippen LogP contribution in [0.3, 0.4) is 0 Å². The van der Waals surface area contributed by atoms with Gasteiger partial charge in [-0.1, -0.05) is 48.0 Å². The highest BCUT2D eigenvalue weighted by molar-refractivity contribution is 5.94. The Morgan fingerprint density at radius 3 is 2.58 bits per heavy atom. The number of morpholine rings is 1. The summed E-state index contributed by atoms with van der Waals surface area (Å²) in [7, 11) is 0. The number of hydrogen-bond donors (Lipinski definition) is 1. The van der Waals surface area contributed by atoms with Crippen LogP contribution in [0.15, 0.2) is 54.6 Å². The van der Waals surface area contributed by atoms with E-state index in [9.17, 15) is 4.79 Å². The fourth-order valence-corrected chi connectivity index (χ4v) is 3.10. The summed E-state index contributed by atoms with van der Waals surface area (Å²) in [6.07, 6.45) is 0. The van der Waals surface area contributed by atoms with Gasteiger partial charge in [0.1, 0.15) is 0 Å². The molecule has 1 amide bonds. The Morgan fingerprint density at radius 1 is 1.12 bits per heavy atom. The SMILES string of the molecule is Cc1cccc(C(=O)NC[C@H](c2ccccc2)N2CCOCC2)c1. The summed E-state index contributed by atoms with van der Waals surface area (Å²) in [6, 6.07) is 18.2. The van der Waals surface area contributed by atoms with E-state index in [1.807, 2.05) is 49.4 Å². The second-order valence-corrected chi connectivity index (χ2v) is 6.15. The first-order chi connectivity index (χ1) is 11.7. The normalized spacial score (nSPS) is 16.5. The Kier molecular flexibility index (Phi) is 5.62. The van der Waals surface area contributed by atoms with Gasteiger partial charge in [0.2, 0.25) is 0 Å². The second-order valence-electron chi connectivity index (χ2n) is 6.15. The maximum absolute atomic E-state index is 12.5. The average Bonchev–Trinajstić information content (AvgIpc) is 2.63. The Labute approximate surface area is 143 Å². The van der Waals surface area contributed by atoms with E-state index < -0.39 is 0 Å². The van der Waals surface area contributed by atoms with Gasteiger partial charge in [-0.25, -0.2) is 0 Å². The Bertz CT molecular complexity index is 666. The van der Waals surface area contributed by atoms with Gasteiger partial charge in [0.15, 0.2) is 0 Å². The summed E-state index contributed by atoms with van der Waals surface area (Å²) in [5.41, 5.74) is 3.03. The summed E-state index contributed by atoms with van der Waals surface area (Å²) in [4.78, 5) is 14.8. The van der Waals surface area contributed by atoms with E-state index in [1.165, 1.54) is 5.56 Å². The lowest BCUT2D eigenvalue weighted by atomic mass is 10.0. The number of hydrogen-bond acceptors (Lipinski definition) is 3. The molecule has 1 saturated heterocycles. The van der Waals surface area contributed by atoms with E-state index in [4.69, 9.17) is 4.74 Å². The number of carbonyl (C=O) groups is 1. The quantitative estimate of drug-likeness (QED) is 0.919. The fourth-order valence-electron chi connectivity index (χ4n) is 3.10. The highest BCUT2D eigenvalue weighted by Gasteiger charge is 2.23. The van der Waals surface area contributed by atoms with Crippen molar-refractivity contribution in [2.45, 2.75) is 13.0 Å². The van der Waals surface area contributed by atoms with Gasteiger partial charge in [-0.15, -0.1) is 0 Å². The number of nitrogens with zero attached hydrogens (tertiary/aromatic N) is 1. The van der Waals surface area contributed by atoms with E-state index >= 15 is 0 Å². The molecule has 126 valence electrons. The molecule has 0 aliphatic carbocycles. The van der Waals surface area contributed by atoms with Gasteiger partial charge in [0.05, 0.1) is 19.3 Å². The molecule has 24 heavy (non-hydrogen) atoms. The van der Waals surface area contributed by atoms with Crippen LogP contribution in [0.25, 0.3) is 0 Å². The average molecular weight is 324 g/mol. The van der Waals surface area contributed by atoms with Crippen molar-refractivity contribution >= 4 is 5.91 Å². The smallest absolute Gasteiger partial charge is 0.251 e. The van der Waals surface area contributed by atoms with Crippen LogP contribution in [0.2, 0.25) is 0 Å². The van der Waals surface area contributed by atoms with E-state index in [2.05, 4.69) is 22.3 Å². The van der Waals surface area contributed by atoms with Crippen LogP contribution in [-0.2, 0) is 4.74 Å². The van der Waals surface area contributed by atoms with Crippen molar-refractivity contribution in [1.82, 2.24) is 10.2 Å². The zero-order chi connectivity index (χ0) is 16.8. The molecule has 2 aromatic carbocycles. The summed E-state index contributed by atoms with van der Waals surface area (Å²) in [6.45, 7) is 5.86. The van der Waals surface area contributed by atoms with Gasteiger partial charge in [0.25, 0.3) is 5.91 Å². The lowest BCUT2D eigenvalue weighted by Crippen LogP contribution is -2.43. The molecule has 0 unspecified atom stereocenters. The minimum Gasteiger partial charge on any atom is -0.379 e. The largest absolute Gasteiger partial charge is 0.379 e. The molecule has 0 bridgehead atoms. The predicted octanol–water partition coefficient (Wildman–Crippen LogP) is 2.80. The molecule has 3 rings (SSSR count). The Balaban J connectivity index is 1.71. The van der Waals surface area contributed by atoms with Gasteiger partial charge in [-0.2, -0.15) is 0 Å². The lowest BCUT2D eigenvalue weighted by molar-refractivity contribution is 0.0162. The molecule has 1 aliphatic rings. The Morgan fingerprint density at radius 2 is 1.88 bits per heavy atom. The number of rotatable bonds is 5. The van der Waals surface area contributed by atoms with Crippen LogP contribution < -0.4 is 5.32 Å². The third kappa shape index (κ3) is 4.22. The molecule has 1 fully saturated rings. The number of aryl methyl sites for hydroxylation is 1. The highest BCUT2D eigenvalue weighted by Crippen LogP contribution is 2.21. The van der Waals surface area contributed by atoms with Crippen molar-refractivity contribution in [3.63, 3.8) is 0 Å². The first kappa shape index (κ1) is 16.7. The van der Waals surface area contributed by atoms with Crippen LogP contribution >= 0.6 is 0 Å². The third-order valence-electron chi connectivity index (χ3n) is 4.41. The highest BCUT2D eigenvalue weighted by atomic mass is 16.5. The number of amides is 1. The van der Waals surface area contributed by atoms with Crippen LogP contribution in [-0.4, -0.2) is 43.7 Å².